The van der Waals surface area contributed by atoms with Crippen molar-refractivity contribution in [3.05, 3.63) is 0 Å². The lowest BCUT2D eigenvalue weighted by Gasteiger charge is -2.42. The van der Waals surface area contributed by atoms with Crippen LogP contribution in [0, 0.1) is 0 Å². The maximum atomic E-state index is 12.0. The van der Waals surface area contributed by atoms with Crippen molar-refractivity contribution in [2.75, 3.05) is 67.4 Å². The average Bonchev–Trinajstić information content (AvgIpc) is 2.50. The van der Waals surface area contributed by atoms with Gasteiger partial charge in [-0.3, -0.25) is 19.6 Å². The maximum Gasteiger partial charge on any atom is 0.325 e. The first-order chi connectivity index (χ1) is 10.7. The molecule has 10 heteroatoms. The summed E-state index contributed by atoms with van der Waals surface area (Å²) in [7, 11) is 8.33. The predicted molar refractivity (Wildman–Crippen MR) is 91.7 cm³/mol. The molecule has 2 N–H and O–H groups in total. The van der Waals surface area contributed by atoms with E-state index >= 15 is 0 Å². The second kappa shape index (κ2) is 7.68. The molecule has 1 aliphatic rings. The minimum Gasteiger partial charge on any atom is -0.341 e. The van der Waals surface area contributed by atoms with Crippen molar-refractivity contribution < 1.29 is 14.4 Å². The zero-order chi connectivity index (χ0) is 17.8. The minimum atomic E-state index is -1.83. The SMILES string of the molecule is CNC(=O)N(C)C[P+]1(CN(C)C(=O)NC)CN(C)C(=O)N(C)C1. The van der Waals surface area contributed by atoms with Gasteiger partial charge in [0.15, 0.2) is 0 Å². The molecule has 0 aromatic heterocycles. The molecule has 23 heavy (non-hydrogen) atoms. The molecule has 0 radical (unpaired) electrons. The summed E-state index contributed by atoms with van der Waals surface area (Å²) in [6, 6.07) is -0.380. The molecule has 0 atom stereocenters. The second-order valence-corrected chi connectivity index (χ2v) is 9.91. The van der Waals surface area contributed by atoms with Crippen LogP contribution in [0.15, 0.2) is 0 Å². The molecule has 0 saturated carbocycles. The van der Waals surface area contributed by atoms with Gasteiger partial charge in [0.1, 0.15) is 25.1 Å². The molecule has 0 aliphatic carbocycles. The van der Waals surface area contributed by atoms with E-state index in [0.29, 0.717) is 25.1 Å². The van der Waals surface area contributed by atoms with Crippen LogP contribution in [-0.2, 0) is 0 Å². The van der Waals surface area contributed by atoms with Crippen LogP contribution in [0.1, 0.15) is 0 Å². The highest BCUT2D eigenvalue weighted by Gasteiger charge is 2.49. The van der Waals surface area contributed by atoms with Gasteiger partial charge in [0.25, 0.3) is 0 Å². The molecule has 132 valence electrons. The Hall–Kier alpha value is -1.76. The van der Waals surface area contributed by atoms with E-state index in [9.17, 15) is 14.4 Å². The number of carbonyl (C=O) groups is 3. The Morgan fingerprint density at radius 2 is 1.35 bits per heavy atom. The molecule has 1 fully saturated rings. The van der Waals surface area contributed by atoms with Crippen LogP contribution < -0.4 is 10.6 Å². The molecular formula is C13H28N6O3P+. The summed E-state index contributed by atoms with van der Waals surface area (Å²) >= 11 is 0. The first-order valence-electron chi connectivity index (χ1n) is 7.33. The Bertz CT molecular complexity index is 435. The smallest absolute Gasteiger partial charge is 0.325 e. The third kappa shape index (κ3) is 4.60. The van der Waals surface area contributed by atoms with Crippen molar-refractivity contribution in [1.82, 2.24) is 30.2 Å². The topological polar surface area (TPSA) is 88.2 Å². The molecule has 1 rings (SSSR count). The van der Waals surface area contributed by atoms with Gasteiger partial charge in [-0.1, -0.05) is 0 Å². The van der Waals surface area contributed by atoms with Gasteiger partial charge in [0.2, 0.25) is 0 Å². The summed E-state index contributed by atoms with van der Waals surface area (Å²) in [5.41, 5.74) is 0. The third-order valence-electron chi connectivity index (χ3n) is 3.82. The second-order valence-electron chi connectivity index (χ2n) is 6.09. The van der Waals surface area contributed by atoms with Crippen LogP contribution in [0.4, 0.5) is 14.4 Å². The number of hydrogen-bond acceptors (Lipinski definition) is 3. The van der Waals surface area contributed by atoms with E-state index in [1.165, 1.54) is 0 Å². The van der Waals surface area contributed by atoms with Crippen molar-refractivity contribution in [2.24, 2.45) is 0 Å². The molecule has 0 aromatic rings. The molecule has 0 spiro atoms. The van der Waals surface area contributed by atoms with Gasteiger partial charge in [0, 0.05) is 42.3 Å². The van der Waals surface area contributed by atoms with Crippen LogP contribution in [0.25, 0.3) is 0 Å². The Morgan fingerprint density at radius 1 is 1.00 bits per heavy atom. The Balaban J connectivity index is 3.02. The molecule has 9 nitrogen and oxygen atoms in total. The van der Waals surface area contributed by atoms with E-state index in [0.717, 1.165) is 0 Å². The first kappa shape index (κ1) is 19.3. The molecule has 1 saturated heterocycles. The number of nitrogens with zero attached hydrogens (tertiary/aromatic N) is 4. The van der Waals surface area contributed by atoms with E-state index in [4.69, 9.17) is 0 Å². The molecule has 1 heterocycles. The zero-order valence-electron chi connectivity index (χ0n) is 14.8. The molecule has 0 bridgehead atoms. The lowest BCUT2D eigenvalue weighted by molar-refractivity contribution is 0.179. The molecule has 6 amide bonds. The van der Waals surface area contributed by atoms with Crippen molar-refractivity contribution in [3.63, 3.8) is 0 Å². The molecule has 0 unspecified atom stereocenters. The molecular weight excluding hydrogens is 319 g/mol. The van der Waals surface area contributed by atoms with Crippen LogP contribution in [0.2, 0.25) is 0 Å². The highest BCUT2D eigenvalue weighted by atomic mass is 31.2. The normalized spacial score (nSPS) is 16.9. The van der Waals surface area contributed by atoms with Crippen LogP contribution in [0.3, 0.4) is 0 Å². The van der Waals surface area contributed by atoms with Crippen molar-refractivity contribution >= 4 is 25.4 Å². The zero-order valence-corrected chi connectivity index (χ0v) is 15.7. The quantitative estimate of drug-likeness (QED) is 0.721. The van der Waals surface area contributed by atoms with Gasteiger partial charge >= 0.3 is 18.1 Å². The fourth-order valence-electron chi connectivity index (χ4n) is 2.99. The molecule has 1 aliphatic heterocycles. The number of carbonyl (C=O) groups excluding carboxylic acids is 3. The van der Waals surface area contributed by atoms with Crippen LogP contribution >= 0.6 is 7.26 Å². The lowest BCUT2D eigenvalue weighted by Crippen LogP contribution is -2.52. The van der Waals surface area contributed by atoms with Gasteiger partial charge < -0.3 is 10.6 Å². The third-order valence-corrected chi connectivity index (χ3v) is 7.92. The summed E-state index contributed by atoms with van der Waals surface area (Å²) < 4.78 is 0. The monoisotopic (exact) mass is 347 g/mol. The Kier molecular flexibility index (Phi) is 6.44. The maximum absolute atomic E-state index is 12.0. The van der Waals surface area contributed by atoms with Gasteiger partial charge in [-0.25, -0.2) is 14.4 Å². The van der Waals surface area contributed by atoms with E-state index in [-0.39, 0.29) is 18.1 Å². The van der Waals surface area contributed by atoms with Crippen molar-refractivity contribution in [3.8, 4) is 0 Å². The van der Waals surface area contributed by atoms with E-state index in [1.54, 1.807) is 61.9 Å². The summed E-state index contributed by atoms with van der Waals surface area (Å²) in [5.74, 6) is 0. The number of hydrogen-bond donors (Lipinski definition) is 2. The number of amides is 6. The Morgan fingerprint density at radius 3 is 1.65 bits per heavy atom. The Labute approximate surface area is 138 Å². The van der Waals surface area contributed by atoms with Crippen molar-refractivity contribution in [1.29, 1.82) is 0 Å². The summed E-state index contributed by atoms with van der Waals surface area (Å²) in [5, 5.41) is 5.22. The molecule has 0 aromatic carbocycles. The highest BCUT2D eigenvalue weighted by molar-refractivity contribution is 7.75. The van der Waals surface area contributed by atoms with Crippen LogP contribution in [0.5, 0.6) is 0 Å². The summed E-state index contributed by atoms with van der Waals surface area (Å²) in [6.07, 6.45) is 2.24. The lowest BCUT2D eigenvalue weighted by atomic mass is 10.7. The average molecular weight is 347 g/mol. The summed E-state index contributed by atoms with van der Waals surface area (Å²) in [6.45, 7) is 0. The van der Waals surface area contributed by atoms with E-state index in [2.05, 4.69) is 10.6 Å². The summed E-state index contributed by atoms with van der Waals surface area (Å²) in [4.78, 5) is 42.4. The predicted octanol–water partition coefficient (Wildman–Crippen LogP) is 0.374. The largest absolute Gasteiger partial charge is 0.341 e. The number of urea groups is 3. The first-order valence-corrected chi connectivity index (χ1v) is 9.86. The van der Waals surface area contributed by atoms with Gasteiger partial charge in [-0.05, 0) is 0 Å². The standard InChI is InChI=1S/C13H27N6O3P/c1-14-11(20)16(3)7-23(8-17(4)12(21)15-2)9-18(5)13(22)19(6)10-23/h7-10H2,1-6H3,(H-,14,15,20,21)/p+1. The number of nitrogens with one attached hydrogen (secondary N) is 2. The van der Waals surface area contributed by atoms with Crippen LogP contribution in [-0.4, -0.2) is 105 Å². The fourth-order valence-corrected chi connectivity index (χ4v) is 7.63. The van der Waals surface area contributed by atoms with E-state index < -0.39 is 7.26 Å². The van der Waals surface area contributed by atoms with Crippen molar-refractivity contribution in [2.45, 2.75) is 0 Å². The number of rotatable bonds is 4. The van der Waals surface area contributed by atoms with Gasteiger partial charge in [-0.15, -0.1) is 0 Å². The van der Waals surface area contributed by atoms with Gasteiger partial charge in [0.05, 0.1) is 7.26 Å². The minimum absolute atomic E-state index is 0.0363. The van der Waals surface area contributed by atoms with Gasteiger partial charge in [-0.2, -0.15) is 0 Å². The fraction of sp³-hybridized carbons (Fsp3) is 0.769. The van der Waals surface area contributed by atoms with E-state index in [1.807, 2.05) is 0 Å². The highest BCUT2D eigenvalue weighted by Crippen LogP contribution is 2.61.